The Hall–Kier alpha value is -2.14. The molecule has 1 rings (SSSR count). The minimum absolute atomic E-state index is 0.0284. The van der Waals surface area contributed by atoms with Crippen LogP contribution in [0.25, 0.3) is 6.08 Å². The van der Waals surface area contributed by atoms with E-state index in [-0.39, 0.29) is 12.2 Å². The van der Waals surface area contributed by atoms with Crippen molar-refractivity contribution in [2.45, 2.75) is 0 Å². The average molecular weight is 220 g/mol. The highest BCUT2D eigenvalue weighted by atomic mass is 16.4. The van der Waals surface area contributed by atoms with Crippen LogP contribution in [0.3, 0.4) is 0 Å². The third kappa shape index (κ3) is 3.55. The summed E-state index contributed by atoms with van der Waals surface area (Å²) in [5, 5.41) is 13.0. The summed E-state index contributed by atoms with van der Waals surface area (Å²) < 4.78 is 0. The normalized spacial score (nSPS) is 10.9. The number of hydrogen-bond acceptors (Lipinski definition) is 3. The minimum Gasteiger partial charge on any atom is -0.543 e. The second-order valence-electron chi connectivity index (χ2n) is 3.05. The van der Waals surface area contributed by atoms with E-state index in [1.807, 2.05) is 6.07 Å². The number of carboxylic acid groups (broad SMARTS) is 1. The first kappa shape index (κ1) is 11.9. The summed E-state index contributed by atoms with van der Waals surface area (Å²) in [6.45, 7) is -0.0284. The molecule has 84 valence electrons. The number of aliphatic carboxylic acids is 1. The Morgan fingerprint density at radius 2 is 1.94 bits per heavy atom. The molecule has 0 aromatic heterocycles. The number of carbonyl (C=O) groups excluding carboxylic acids is 2. The number of carboxylic acids is 1. The Kier molecular flexibility index (Phi) is 4.23. The molecule has 0 bridgehead atoms. The first-order chi connectivity index (χ1) is 7.63. The standard InChI is InChI=1S/C11H12N2O3/c12-7-10(14)13-9(11(15)16)6-8-4-2-1-3-5-8/h1-6H,7,12H2,(H,13,14)(H,15,16)/b9-6+. The maximum absolute atomic E-state index is 11.0. The average Bonchev–Trinajstić information content (AvgIpc) is 2.29. The van der Waals surface area contributed by atoms with E-state index in [4.69, 9.17) is 0 Å². The van der Waals surface area contributed by atoms with Crippen LogP contribution in [0, 0.1) is 0 Å². The fourth-order valence-corrected chi connectivity index (χ4v) is 1.07. The predicted octanol–water partition coefficient (Wildman–Crippen LogP) is -1.86. The van der Waals surface area contributed by atoms with Crippen LogP contribution in [-0.2, 0) is 9.59 Å². The van der Waals surface area contributed by atoms with Crippen molar-refractivity contribution in [3.63, 3.8) is 0 Å². The molecule has 0 heterocycles. The lowest BCUT2D eigenvalue weighted by atomic mass is 10.2. The predicted molar refractivity (Wildman–Crippen MR) is 55.3 cm³/mol. The van der Waals surface area contributed by atoms with E-state index in [2.05, 4.69) is 11.1 Å². The Balaban J connectivity index is 2.90. The van der Waals surface area contributed by atoms with Crippen molar-refractivity contribution in [1.82, 2.24) is 5.32 Å². The molecule has 0 saturated carbocycles. The van der Waals surface area contributed by atoms with Gasteiger partial charge in [-0.15, -0.1) is 0 Å². The summed E-state index contributed by atoms with van der Waals surface area (Å²) in [5.41, 5.74) is 3.76. The van der Waals surface area contributed by atoms with E-state index in [9.17, 15) is 14.7 Å². The number of rotatable bonds is 4. The summed E-state index contributed by atoms with van der Waals surface area (Å²) in [4.78, 5) is 21.8. The molecule has 0 fully saturated rings. The molecule has 5 nitrogen and oxygen atoms in total. The molecule has 0 unspecified atom stereocenters. The molecule has 1 aromatic carbocycles. The highest BCUT2D eigenvalue weighted by Crippen LogP contribution is 2.03. The topological polar surface area (TPSA) is 96.9 Å². The third-order valence-electron chi connectivity index (χ3n) is 1.83. The summed E-state index contributed by atoms with van der Waals surface area (Å²) in [7, 11) is 0. The molecule has 0 radical (unpaired) electrons. The van der Waals surface area contributed by atoms with Gasteiger partial charge >= 0.3 is 0 Å². The van der Waals surface area contributed by atoms with E-state index in [0.717, 1.165) is 0 Å². The van der Waals surface area contributed by atoms with Gasteiger partial charge in [0.2, 0.25) is 0 Å². The van der Waals surface area contributed by atoms with Gasteiger partial charge in [0.25, 0.3) is 5.91 Å². The molecule has 16 heavy (non-hydrogen) atoms. The summed E-state index contributed by atoms with van der Waals surface area (Å²) in [6.07, 6.45) is 1.34. The van der Waals surface area contributed by atoms with E-state index >= 15 is 0 Å². The molecular formula is C11H12N2O3. The first-order valence-corrected chi connectivity index (χ1v) is 4.70. The largest absolute Gasteiger partial charge is 0.543 e. The van der Waals surface area contributed by atoms with Crippen molar-refractivity contribution in [1.29, 1.82) is 0 Å². The summed E-state index contributed by atoms with van der Waals surface area (Å²) >= 11 is 0. The van der Waals surface area contributed by atoms with Gasteiger partial charge in [0.15, 0.2) is 6.54 Å². The molecule has 4 N–H and O–H groups in total. The van der Waals surface area contributed by atoms with Crippen LogP contribution < -0.4 is 16.2 Å². The molecular weight excluding hydrogens is 208 g/mol. The Morgan fingerprint density at radius 1 is 1.31 bits per heavy atom. The van der Waals surface area contributed by atoms with Crippen LogP contribution in [0.2, 0.25) is 0 Å². The molecule has 0 aliphatic rings. The van der Waals surface area contributed by atoms with Gasteiger partial charge in [-0.3, -0.25) is 4.79 Å². The number of benzene rings is 1. The van der Waals surface area contributed by atoms with Gasteiger partial charge in [-0.25, -0.2) is 0 Å². The van der Waals surface area contributed by atoms with Crippen LogP contribution in [0.1, 0.15) is 5.56 Å². The highest BCUT2D eigenvalue weighted by Gasteiger charge is 2.04. The first-order valence-electron chi connectivity index (χ1n) is 4.70. The SMILES string of the molecule is [NH3+]CC(=O)N/C(=C/c1ccccc1)C(=O)[O-]. The van der Waals surface area contributed by atoms with E-state index in [1.54, 1.807) is 24.3 Å². The quantitative estimate of drug-likeness (QED) is 0.582. The van der Waals surface area contributed by atoms with Crippen molar-refractivity contribution in [2.24, 2.45) is 0 Å². The Labute approximate surface area is 92.6 Å². The number of amides is 1. The lowest BCUT2D eigenvalue weighted by molar-refractivity contribution is -0.355. The number of quaternary nitrogens is 1. The molecule has 0 aliphatic heterocycles. The molecule has 0 atom stereocenters. The third-order valence-corrected chi connectivity index (χ3v) is 1.83. The summed E-state index contributed by atoms with van der Waals surface area (Å²) in [5.74, 6) is -1.89. The number of carbonyl (C=O) groups is 2. The van der Waals surface area contributed by atoms with E-state index in [0.29, 0.717) is 5.56 Å². The van der Waals surface area contributed by atoms with Crippen LogP contribution in [0.5, 0.6) is 0 Å². The van der Waals surface area contributed by atoms with Crippen molar-refractivity contribution in [3.05, 3.63) is 41.6 Å². The zero-order chi connectivity index (χ0) is 12.0. The van der Waals surface area contributed by atoms with Crippen molar-refractivity contribution >= 4 is 18.0 Å². The van der Waals surface area contributed by atoms with Crippen molar-refractivity contribution in [2.75, 3.05) is 6.54 Å². The molecule has 0 saturated heterocycles. The van der Waals surface area contributed by atoms with E-state index in [1.165, 1.54) is 6.08 Å². The Morgan fingerprint density at radius 3 is 2.44 bits per heavy atom. The lowest BCUT2D eigenvalue weighted by Crippen LogP contribution is -2.57. The van der Waals surface area contributed by atoms with Gasteiger partial charge in [0, 0.05) is 0 Å². The maximum Gasteiger partial charge on any atom is 0.279 e. The molecule has 1 aromatic rings. The van der Waals surface area contributed by atoms with Gasteiger partial charge in [0.05, 0.1) is 11.7 Å². The molecule has 1 amide bonds. The highest BCUT2D eigenvalue weighted by molar-refractivity contribution is 5.95. The van der Waals surface area contributed by atoms with Crippen LogP contribution in [0.4, 0.5) is 0 Å². The minimum atomic E-state index is -1.43. The van der Waals surface area contributed by atoms with Gasteiger partial charge in [-0.1, -0.05) is 30.3 Å². The molecule has 5 heteroatoms. The second-order valence-corrected chi connectivity index (χ2v) is 3.05. The van der Waals surface area contributed by atoms with Crippen LogP contribution >= 0.6 is 0 Å². The van der Waals surface area contributed by atoms with Crippen LogP contribution in [-0.4, -0.2) is 18.4 Å². The lowest BCUT2D eigenvalue weighted by Gasteiger charge is -2.09. The van der Waals surface area contributed by atoms with Gasteiger partial charge in [-0.2, -0.15) is 0 Å². The smallest absolute Gasteiger partial charge is 0.279 e. The maximum atomic E-state index is 11.0. The number of hydrogen-bond donors (Lipinski definition) is 2. The van der Waals surface area contributed by atoms with Gasteiger partial charge < -0.3 is 21.0 Å². The summed E-state index contributed by atoms with van der Waals surface area (Å²) in [6, 6.07) is 8.78. The molecule has 0 aliphatic carbocycles. The zero-order valence-electron chi connectivity index (χ0n) is 8.60. The van der Waals surface area contributed by atoms with Crippen molar-refractivity contribution < 1.29 is 20.4 Å². The Bertz CT molecular complexity index is 412. The molecule has 0 spiro atoms. The van der Waals surface area contributed by atoms with Crippen molar-refractivity contribution in [3.8, 4) is 0 Å². The fourth-order valence-electron chi connectivity index (χ4n) is 1.07. The zero-order valence-corrected chi connectivity index (χ0v) is 8.60. The monoisotopic (exact) mass is 220 g/mol. The fraction of sp³-hybridized carbons (Fsp3) is 0.0909. The second kappa shape index (κ2) is 5.67. The number of nitrogens with one attached hydrogen (secondary N) is 1. The van der Waals surface area contributed by atoms with E-state index < -0.39 is 11.9 Å². The van der Waals surface area contributed by atoms with Gasteiger partial charge in [0.1, 0.15) is 0 Å². The van der Waals surface area contributed by atoms with Crippen LogP contribution in [0.15, 0.2) is 36.0 Å². The van der Waals surface area contributed by atoms with Gasteiger partial charge in [-0.05, 0) is 11.6 Å².